The highest BCUT2D eigenvalue weighted by Crippen LogP contribution is 2.43. The molecule has 2 N–H and O–H groups in total. The lowest BCUT2D eigenvalue weighted by Crippen LogP contribution is -2.41. The molecule has 2 saturated heterocycles. The van der Waals surface area contributed by atoms with Gasteiger partial charge in [0.15, 0.2) is 0 Å². The summed E-state index contributed by atoms with van der Waals surface area (Å²) < 4.78 is 12.2. The molecule has 0 radical (unpaired) electrons. The molecular formula is C12H24BNO3. The number of nitrogens with one attached hydrogen (secondary N) is 1. The van der Waals surface area contributed by atoms with Crippen LogP contribution in [0.1, 0.15) is 34.1 Å². The largest absolute Gasteiger partial charge is 0.462 e. The van der Waals surface area contributed by atoms with E-state index in [1.54, 1.807) is 0 Å². The zero-order valence-electron chi connectivity index (χ0n) is 11.3. The summed E-state index contributed by atoms with van der Waals surface area (Å²) in [6, 6.07) is 0. The monoisotopic (exact) mass is 241 g/mol. The summed E-state index contributed by atoms with van der Waals surface area (Å²) in [6.07, 6.45) is 0.821. The SMILES string of the molecule is CC1(C)OB([C@@H]2CNC[C@H]2CCO)OC1(C)C. The summed E-state index contributed by atoms with van der Waals surface area (Å²) >= 11 is 0. The second-order valence-electron chi connectivity index (χ2n) is 6.22. The van der Waals surface area contributed by atoms with Crippen LogP contribution in [-0.2, 0) is 9.31 Å². The van der Waals surface area contributed by atoms with Crippen molar-refractivity contribution in [1.82, 2.24) is 5.32 Å². The van der Waals surface area contributed by atoms with Crippen molar-refractivity contribution in [3.63, 3.8) is 0 Å². The average Bonchev–Trinajstić information content (AvgIpc) is 2.71. The van der Waals surface area contributed by atoms with E-state index in [0.717, 1.165) is 19.5 Å². The number of rotatable bonds is 3. The van der Waals surface area contributed by atoms with Crippen molar-refractivity contribution in [3.8, 4) is 0 Å². The normalized spacial score (nSPS) is 35.5. The molecule has 0 spiro atoms. The fourth-order valence-corrected chi connectivity index (χ4v) is 2.62. The smallest absolute Gasteiger partial charge is 0.403 e. The molecule has 0 bridgehead atoms. The Morgan fingerprint density at radius 1 is 1.18 bits per heavy atom. The van der Waals surface area contributed by atoms with E-state index >= 15 is 0 Å². The van der Waals surface area contributed by atoms with E-state index in [2.05, 4.69) is 33.0 Å². The molecule has 2 aliphatic rings. The lowest BCUT2D eigenvalue weighted by atomic mass is 9.66. The van der Waals surface area contributed by atoms with E-state index in [1.807, 2.05) is 0 Å². The van der Waals surface area contributed by atoms with Gasteiger partial charge < -0.3 is 19.7 Å². The molecule has 4 nitrogen and oxygen atoms in total. The van der Waals surface area contributed by atoms with E-state index in [4.69, 9.17) is 14.4 Å². The molecule has 2 rings (SSSR count). The van der Waals surface area contributed by atoms with Crippen LogP contribution in [0.4, 0.5) is 0 Å². The van der Waals surface area contributed by atoms with Gasteiger partial charge in [-0.3, -0.25) is 0 Å². The molecular weight excluding hydrogens is 217 g/mol. The van der Waals surface area contributed by atoms with E-state index in [-0.39, 0.29) is 24.9 Å². The summed E-state index contributed by atoms with van der Waals surface area (Å²) in [5.74, 6) is 0.804. The third-order valence-corrected chi connectivity index (χ3v) is 4.51. The quantitative estimate of drug-likeness (QED) is 0.725. The predicted molar refractivity (Wildman–Crippen MR) is 67.9 cm³/mol. The van der Waals surface area contributed by atoms with Crippen LogP contribution >= 0.6 is 0 Å². The molecule has 0 aromatic heterocycles. The van der Waals surface area contributed by atoms with Gasteiger partial charge in [-0.25, -0.2) is 0 Å². The molecule has 2 aliphatic heterocycles. The van der Waals surface area contributed by atoms with Crippen molar-refractivity contribution in [2.75, 3.05) is 19.7 Å². The van der Waals surface area contributed by atoms with Gasteiger partial charge in [0.25, 0.3) is 0 Å². The van der Waals surface area contributed by atoms with Crippen molar-refractivity contribution >= 4 is 7.12 Å². The molecule has 0 amide bonds. The summed E-state index contributed by atoms with van der Waals surface area (Å²) in [7, 11) is -0.147. The third kappa shape index (κ3) is 2.39. The van der Waals surface area contributed by atoms with Crippen LogP contribution < -0.4 is 5.32 Å². The lowest BCUT2D eigenvalue weighted by molar-refractivity contribution is 0.00578. The van der Waals surface area contributed by atoms with Gasteiger partial charge in [-0.05, 0) is 53.1 Å². The summed E-state index contributed by atoms with van der Waals surface area (Å²) in [4.78, 5) is 0. The Labute approximate surface area is 104 Å². The maximum Gasteiger partial charge on any atom is 0.462 e. The first kappa shape index (κ1) is 13.3. The first-order valence-electron chi connectivity index (χ1n) is 6.54. The van der Waals surface area contributed by atoms with Gasteiger partial charge in [0, 0.05) is 12.4 Å². The van der Waals surface area contributed by atoms with Crippen molar-refractivity contribution in [2.24, 2.45) is 5.92 Å². The molecule has 2 atom stereocenters. The van der Waals surface area contributed by atoms with Gasteiger partial charge >= 0.3 is 7.12 Å². The Hall–Kier alpha value is -0.0951. The lowest BCUT2D eigenvalue weighted by Gasteiger charge is -2.32. The number of aliphatic hydroxyl groups is 1. The first-order valence-corrected chi connectivity index (χ1v) is 6.54. The highest BCUT2D eigenvalue weighted by Gasteiger charge is 2.55. The summed E-state index contributed by atoms with van der Waals surface area (Å²) in [5, 5.41) is 12.5. The van der Waals surface area contributed by atoms with Gasteiger partial charge in [0.2, 0.25) is 0 Å². The maximum absolute atomic E-state index is 9.08. The fraction of sp³-hybridized carbons (Fsp3) is 1.00. The van der Waals surface area contributed by atoms with Crippen LogP contribution in [-0.4, -0.2) is 43.1 Å². The maximum atomic E-state index is 9.08. The average molecular weight is 241 g/mol. The number of hydrogen-bond acceptors (Lipinski definition) is 4. The number of hydrogen-bond donors (Lipinski definition) is 2. The number of aliphatic hydroxyl groups excluding tert-OH is 1. The van der Waals surface area contributed by atoms with E-state index in [1.165, 1.54) is 0 Å². The van der Waals surface area contributed by atoms with Gasteiger partial charge in [0.1, 0.15) is 0 Å². The van der Waals surface area contributed by atoms with E-state index < -0.39 is 0 Å². The van der Waals surface area contributed by atoms with Crippen molar-refractivity contribution in [1.29, 1.82) is 0 Å². The standard InChI is InChI=1S/C12H24BNO3/c1-11(2)12(3,4)17-13(16-11)10-8-14-7-9(10)5-6-15/h9-10,14-15H,5-8H2,1-4H3/t9-,10-/m1/s1. The van der Waals surface area contributed by atoms with Crippen LogP contribution in [0.15, 0.2) is 0 Å². The third-order valence-electron chi connectivity index (χ3n) is 4.51. The molecule has 0 aliphatic carbocycles. The molecule has 0 aromatic carbocycles. The highest BCUT2D eigenvalue weighted by atomic mass is 16.7. The molecule has 0 unspecified atom stereocenters. The van der Waals surface area contributed by atoms with Gasteiger partial charge in [-0.1, -0.05) is 0 Å². The van der Waals surface area contributed by atoms with Crippen molar-refractivity contribution < 1.29 is 14.4 Å². The summed E-state index contributed by atoms with van der Waals surface area (Å²) in [6.45, 7) is 10.4. The van der Waals surface area contributed by atoms with E-state index in [9.17, 15) is 0 Å². The van der Waals surface area contributed by atoms with Crippen molar-refractivity contribution in [2.45, 2.75) is 51.1 Å². The summed E-state index contributed by atoms with van der Waals surface area (Å²) in [5.41, 5.74) is -0.520. The molecule has 5 heteroatoms. The van der Waals surface area contributed by atoms with Crippen LogP contribution in [0.2, 0.25) is 5.82 Å². The zero-order chi connectivity index (χ0) is 12.7. The van der Waals surface area contributed by atoms with Gasteiger partial charge in [-0.15, -0.1) is 0 Å². The Balaban J connectivity index is 2.05. The van der Waals surface area contributed by atoms with Crippen molar-refractivity contribution in [3.05, 3.63) is 0 Å². The molecule has 0 saturated carbocycles. The Bertz CT molecular complexity index is 267. The molecule has 2 fully saturated rings. The molecule has 0 aromatic rings. The molecule has 98 valence electrons. The molecule has 2 heterocycles. The Morgan fingerprint density at radius 3 is 2.29 bits per heavy atom. The first-order chi connectivity index (χ1) is 7.87. The van der Waals surface area contributed by atoms with Crippen LogP contribution in [0.25, 0.3) is 0 Å². The fourth-order valence-electron chi connectivity index (χ4n) is 2.62. The van der Waals surface area contributed by atoms with Crippen LogP contribution in [0.5, 0.6) is 0 Å². The minimum absolute atomic E-state index is 0.147. The Kier molecular flexibility index (Phi) is 3.56. The Morgan fingerprint density at radius 2 is 1.76 bits per heavy atom. The minimum atomic E-state index is -0.260. The zero-order valence-corrected chi connectivity index (χ0v) is 11.3. The topological polar surface area (TPSA) is 50.7 Å². The molecule has 17 heavy (non-hydrogen) atoms. The van der Waals surface area contributed by atoms with Crippen LogP contribution in [0.3, 0.4) is 0 Å². The van der Waals surface area contributed by atoms with Crippen LogP contribution in [0, 0.1) is 5.92 Å². The minimum Gasteiger partial charge on any atom is -0.403 e. The highest BCUT2D eigenvalue weighted by molar-refractivity contribution is 6.47. The van der Waals surface area contributed by atoms with Gasteiger partial charge in [-0.2, -0.15) is 0 Å². The second kappa shape index (κ2) is 4.54. The van der Waals surface area contributed by atoms with E-state index in [0.29, 0.717) is 11.7 Å². The van der Waals surface area contributed by atoms with Gasteiger partial charge in [0.05, 0.1) is 11.2 Å². The second-order valence-corrected chi connectivity index (χ2v) is 6.22. The predicted octanol–water partition coefficient (Wildman–Crippen LogP) is 1.05.